The fourth-order valence-electron chi connectivity index (χ4n) is 1.20. The average Bonchev–Trinajstić information content (AvgIpc) is 2.16. The Morgan fingerprint density at radius 1 is 1.20 bits per heavy atom. The lowest BCUT2D eigenvalue weighted by Crippen LogP contribution is -2.54. The van der Waals surface area contributed by atoms with Crippen LogP contribution in [0.4, 0.5) is 0 Å². The lowest BCUT2D eigenvalue weighted by atomic mass is 10.1. The second-order valence-electron chi connectivity index (χ2n) is 3.39. The van der Waals surface area contributed by atoms with Gasteiger partial charge in [0.15, 0.2) is 0 Å². The Morgan fingerprint density at radius 3 is 2.33 bits per heavy atom. The van der Waals surface area contributed by atoms with E-state index in [0.717, 1.165) is 19.4 Å². The summed E-state index contributed by atoms with van der Waals surface area (Å²) >= 11 is 0. The molecule has 0 saturated heterocycles. The number of hydrogen-bond donors (Lipinski definition) is 3. The molecule has 0 unspecified atom stereocenters. The van der Waals surface area contributed by atoms with E-state index in [1.165, 1.54) is 0 Å². The number of hydrogen-bond acceptors (Lipinski definition) is 3. The summed E-state index contributed by atoms with van der Waals surface area (Å²) < 4.78 is 0. The van der Waals surface area contributed by atoms with Crippen molar-refractivity contribution in [3.63, 3.8) is 0 Å². The molecule has 0 fully saturated rings. The number of rotatable bonds is 8. The molecule has 0 aliphatic rings. The Balaban J connectivity index is 3.93. The van der Waals surface area contributed by atoms with Crippen molar-refractivity contribution in [1.82, 2.24) is 5.32 Å². The van der Waals surface area contributed by atoms with Crippen LogP contribution < -0.4 is 21.9 Å². The van der Waals surface area contributed by atoms with Crippen molar-refractivity contribution in [2.75, 3.05) is 13.1 Å². The van der Waals surface area contributed by atoms with Gasteiger partial charge in [-0.25, -0.2) is 0 Å². The molecule has 6 heteroatoms. The van der Waals surface area contributed by atoms with E-state index in [0.29, 0.717) is 13.0 Å². The highest BCUT2D eigenvalue weighted by Crippen LogP contribution is 1.99. The Hall–Kier alpha value is -1.14. The van der Waals surface area contributed by atoms with Crippen LogP contribution >= 0.6 is 0 Å². The van der Waals surface area contributed by atoms with E-state index in [2.05, 4.69) is 16.8 Å². The van der Waals surface area contributed by atoms with Gasteiger partial charge in [-0.15, -0.1) is 0 Å². The maximum absolute atomic E-state index is 11.1. The molecule has 0 aromatic carbocycles. The number of amides is 1. The van der Waals surface area contributed by atoms with Gasteiger partial charge in [-0.3, -0.25) is 4.79 Å². The lowest BCUT2D eigenvalue weighted by molar-refractivity contribution is -0.368. The molecule has 0 spiro atoms. The molecule has 1 atom stereocenters. The second-order valence-corrected chi connectivity index (χ2v) is 3.39. The minimum atomic E-state index is -1.23. The fourth-order valence-corrected chi connectivity index (χ4v) is 1.20. The summed E-state index contributed by atoms with van der Waals surface area (Å²) in [5.41, 5.74) is 7.18. The van der Waals surface area contributed by atoms with E-state index >= 15 is 0 Å². The van der Waals surface area contributed by atoms with E-state index in [1.807, 2.05) is 0 Å². The Kier molecular flexibility index (Phi) is 7.57. The average molecular weight is 218 g/mol. The molecular weight excluding hydrogens is 198 g/mol. The highest BCUT2D eigenvalue weighted by atomic mass is 16.4. The Bertz CT molecular complexity index is 209. The number of carboxylic acids is 1. The first-order valence-corrected chi connectivity index (χ1v) is 5.20. The molecule has 0 aliphatic carbocycles. The van der Waals surface area contributed by atoms with Crippen molar-refractivity contribution in [3.05, 3.63) is 0 Å². The standard InChI is InChI=1S/C9H19N3O3/c10-5-2-1-3-7(9(14)15)12-8(13)4-6-11/h7H,1-6,10-11H2,(H,12,13)(H,14,15)/p+1/t7-/m0/s1. The molecule has 0 aromatic rings. The smallest absolute Gasteiger partial charge is 0.226 e. The number of carbonyl (C=O) groups is 2. The first kappa shape index (κ1) is 13.9. The van der Waals surface area contributed by atoms with Gasteiger partial charge < -0.3 is 26.7 Å². The Morgan fingerprint density at radius 2 is 1.87 bits per heavy atom. The van der Waals surface area contributed by atoms with E-state index < -0.39 is 12.0 Å². The van der Waals surface area contributed by atoms with Gasteiger partial charge in [-0.1, -0.05) is 0 Å². The van der Waals surface area contributed by atoms with Crippen molar-refractivity contribution >= 4 is 11.9 Å². The first-order valence-electron chi connectivity index (χ1n) is 5.20. The number of aliphatic carboxylic acids is 1. The molecule has 0 aliphatic heterocycles. The summed E-state index contributed by atoms with van der Waals surface area (Å²) in [6.07, 6.45) is 2.24. The van der Waals surface area contributed by atoms with Crippen molar-refractivity contribution in [2.24, 2.45) is 0 Å². The van der Waals surface area contributed by atoms with Crippen LogP contribution in [0.25, 0.3) is 0 Å². The summed E-state index contributed by atoms with van der Waals surface area (Å²) in [6, 6.07) is -0.879. The van der Waals surface area contributed by atoms with Crippen LogP contribution in [0.1, 0.15) is 25.7 Å². The second kappa shape index (κ2) is 8.19. The summed E-state index contributed by atoms with van der Waals surface area (Å²) in [6.45, 7) is 1.23. The quantitative estimate of drug-likeness (QED) is 0.363. The maximum atomic E-state index is 11.1. The maximum Gasteiger partial charge on any atom is 0.226 e. The zero-order valence-electron chi connectivity index (χ0n) is 8.96. The molecule has 0 aromatic heterocycles. The van der Waals surface area contributed by atoms with Crippen molar-refractivity contribution < 1.29 is 26.2 Å². The number of unbranched alkanes of at least 4 members (excludes halogenated alkanes) is 1. The van der Waals surface area contributed by atoms with Crippen molar-refractivity contribution in [2.45, 2.75) is 31.7 Å². The monoisotopic (exact) mass is 218 g/mol. The van der Waals surface area contributed by atoms with Crippen molar-refractivity contribution in [3.8, 4) is 0 Å². The van der Waals surface area contributed by atoms with Crippen LogP contribution in [0.3, 0.4) is 0 Å². The fraction of sp³-hybridized carbons (Fsp3) is 0.778. The molecule has 0 radical (unpaired) electrons. The minimum Gasteiger partial charge on any atom is -0.548 e. The number of nitrogens with one attached hydrogen (secondary N) is 1. The van der Waals surface area contributed by atoms with Crippen LogP contribution in [0.5, 0.6) is 0 Å². The van der Waals surface area contributed by atoms with Crippen LogP contribution in [0.15, 0.2) is 0 Å². The van der Waals surface area contributed by atoms with Gasteiger partial charge in [0.05, 0.1) is 31.5 Å². The summed E-state index contributed by atoms with van der Waals surface area (Å²) in [7, 11) is 0. The molecule has 7 N–H and O–H groups in total. The third kappa shape index (κ3) is 6.87. The molecule has 88 valence electrons. The number of carbonyl (C=O) groups excluding carboxylic acids is 2. The molecule has 1 amide bonds. The largest absolute Gasteiger partial charge is 0.548 e. The predicted molar refractivity (Wildman–Crippen MR) is 50.9 cm³/mol. The zero-order chi connectivity index (χ0) is 11.7. The third-order valence-electron chi connectivity index (χ3n) is 2.02. The third-order valence-corrected chi connectivity index (χ3v) is 2.02. The number of quaternary nitrogens is 2. The summed E-state index contributed by atoms with van der Waals surface area (Å²) in [4.78, 5) is 21.8. The molecular formula is C9H20N3O3+. The number of carboxylic acid groups (broad SMARTS) is 1. The van der Waals surface area contributed by atoms with Gasteiger partial charge >= 0.3 is 0 Å². The van der Waals surface area contributed by atoms with Crippen LogP contribution in [0.2, 0.25) is 0 Å². The Labute approximate surface area is 89.0 Å². The van der Waals surface area contributed by atoms with Gasteiger partial charge in [0.2, 0.25) is 5.91 Å². The first-order chi connectivity index (χ1) is 7.11. The minimum absolute atomic E-state index is 0.249. The van der Waals surface area contributed by atoms with Crippen LogP contribution in [-0.4, -0.2) is 31.0 Å². The normalized spacial score (nSPS) is 12.1. The van der Waals surface area contributed by atoms with E-state index in [-0.39, 0.29) is 12.3 Å². The summed E-state index contributed by atoms with van der Waals surface area (Å²) in [5, 5.41) is 13.1. The van der Waals surface area contributed by atoms with Crippen LogP contribution in [0, 0.1) is 0 Å². The van der Waals surface area contributed by atoms with Crippen molar-refractivity contribution in [1.29, 1.82) is 0 Å². The molecule has 6 nitrogen and oxygen atoms in total. The highest BCUT2D eigenvalue weighted by Gasteiger charge is 2.12. The predicted octanol–water partition coefficient (Wildman–Crippen LogP) is -3.73. The van der Waals surface area contributed by atoms with Gasteiger partial charge in [0.25, 0.3) is 0 Å². The van der Waals surface area contributed by atoms with Gasteiger partial charge in [0, 0.05) is 0 Å². The lowest BCUT2D eigenvalue weighted by Gasteiger charge is -2.18. The van der Waals surface area contributed by atoms with Crippen LogP contribution in [-0.2, 0) is 9.59 Å². The van der Waals surface area contributed by atoms with Gasteiger partial charge in [0.1, 0.15) is 0 Å². The topological polar surface area (TPSA) is 125 Å². The molecule has 15 heavy (non-hydrogen) atoms. The van der Waals surface area contributed by atoms with E-state index in [4.69, 9.17) is 0 Å². The van der Waals surface area contributed by atoms with Gasteiger partial charge in [-0.05, 0) is 19.3 Å². The summed E-state index contributed by atoms with van der Waals surface area (Å²) in [5.74, 6) is -1.51. The SMILES string of the molecule is [NH3+]CCCC[C@H](NC(=O)CC[NH3+])C(=O)[O-]. The molecule has 0 heterocycles. The molecule has 0 rings (SSSR count). The van der Waals surface area contributed by atoms with Gasteiger partial charge in [-0.2, -0.15) is 0 Å². The highest BCUT2D eigenvalue weighted by molar-refractivity contribution is 5.82. The van der Waals surface area contributed by atoms with E-state index in [9.17, 15) is 14.7 Å². The molecule has 0 bridgehead atoms. The molecule has 0 saturated carbocycles. The zero-order valence-corrected chi connectivity index (χ0v) is 8.96. The van der Waals surface area contributed by atoms with E-state index in [1.54, 1.807) is 0 Å².